The monoisotopic (exact) mass is 425 g/mol. The molecule has 31 heavy (non-hydrogen) atoms. The molecule has 1 aromatic carbocycles. The SMILES string of the molecule is Cc1c(C#N)c(NC(=O)C[NH+](C)Cc2ccc3c(c2)OCO3)n(C[C@@H]2CCCO2)c1C. The summed E-state index contributed by atoms with van der Waals surface area (Å²) in [6, 6.07) is 8.10. The largest absolute Gasteiger partial charge is 0.454 e. The molecule has 1 aromatic heterocycles. The summed E-state index contributed by atoms with van der Waals surface area (Å²) in [5.74, 6) is 1.95. The smallest absolute Gasteiger partial charge is 0.280 e. The standard InChI is InChI=1S/C23H28N4O4/c1-15-16(2)27(12-18-5-4-8-29-18)23(19(15)10-24)25-22(28)13-26(3)11-17-6-7-20-21(9-17)31-14-30-20/h6-7,9,18H,4-5,8,11-14H2,1-3H3,(H,25,28)/p+1/t18-/m0/s1. The van der Waals surface area contributed by atoms with E-state index in [1.807, 2.05) is 43.7 Å². The van der Waals surface area contributed by atoms with Crippen LogP contribution in [0.4, 0.5) is 5.82 Å². The number of aromatic nitrogens is 1. The van der Waals surface area contributed by atoms with E-state index in [1.165, 1.54) is 0 Å². The van der Waals surface area contributed by atoms with Crippen molar-refractivity contribution in [3.05, 3.63) is 40.6 Å². The molecule has 1 amide bonds. The van der Waals surface area contributed by atoms with Gasteiger partial charge in [-0.05, 0) is 50.5 Å². The first-order chi connectivity index (χ1) is 15.0. The molecule has 164 valence electrons. The van der Waals surface area contributed by atoms with Crippen LogP contribution >= 0.6 is 0 Å². The predicted octanol–water partition coefficient (Wildman–Crippen LogP) is 1.54. The third-order valence-corrected chi connectivity index (χ3v) is 6.01. The van der Waals surface area contributed by atoms with Crippen LogP contribution in [-0.2, 0) is 22.6 Å². The number of amides is 1. The van der Waals surface area contributed by atoms with Gasteiger partial charge in [0, 0.05) is 17.9 Å². The van der Waals surface area contributed by atoms with Gasteiger partial charge < -0.3 is 29.0 Å². The fourth-order valence-electron chi connectivity index (χ4n) is 4.26. The van der Waals surface area contributed by atoms with Crippen LogP contribution < -0.4 is 19.7 Å². The average Bonchev–Trinajstić information content (AvgIpc) is 3.46. The minimum Gasteiger partial charge on any atom is -0.454 e. The van der Waals surface area contributed by atoms with E-state index in [-0.39, 0.29) is 25.3 Å². The van der Waals surface area contributed by atoms with Crippen LogP contribution in [0.1, 0.15) is 35.2 Å². The van der Waals surface area contributed by atoms with Crippen LogP contribution in [0, 0.1) is 25.2 Å². The number of likely N-dealkylation sites (N-methyl/N-ethyl adjacent to an activating group) is 1. The topological polar surface area (TPSA) is 90.0 Å². The first kappa shape index (κ1) is 21.2. The highest BCUT2D eigenvalue weighted by Gasteiger charge is 2.25. The van der Waals surface area contributed by atoms with Crippen LogP contribution in [-0.4, -0.2) is 43.6 Å². The summed E-state index contributed by atoms with van der Waals surface area (Å²) in [6.45, 7) is 6.52. The van der Waals surface area contributed by atoms with E-state index in [0.717, 1.165) is 52.7 Å². The molecular weight excluding hydrogens is 396 g/mol. The van der Waals surface area contributed by atoms with E-state index in [9.17, 15) is 10.1 Å². The van der Waals surface area contributed by atoms with Crippen molar-refractivity contribution in [2.45, 2.75) is 45.9 Å². The Bertz CT molecular complexity index is 1020. The second-order valence-electron chi connectivity index (χ2n) is 8.34. The van der Waals surface area contributed by atoms with Crippen molar-refractivity contribution in [3.8, 4) is 17.6 Å². The van der Waals surface area contributed by atoms with Gasteiger partial charge in [-0.15, -0.1) is 0 Å². The number of carbonyl (C=O) groups excluding carboxylic acids is 1. The molecule has 2 N–H and O–H groups in total. The van der Waals surface area contributed by atoms with Crippen molar-refractivity contribution in [1.29, 1.82) is 5.26 Å². The van der Waals surface area contributed by atoms with Crippen LogP contribution in [0.3, 0.4) is 0 Å². The van der Waals surface area contributed by atoms with Crippen molar-refractivity contribution in [1.82, 2.24) is 4.57 Å². The Kier molecular flexibility index (Phi) is 6.16. The summed E-state index contributed by atoms with van der Waals surface area (Å²) >= 11 is 0. The lowest BCUT2D eigenvalue weighted by Crippen LogP contribution is -3.08. The maximum absolute atomic E-state index is 12.8. The van der Waals surface area contributed by atoms with Crippen LogP contribution in [0.15, 0.2) is 18.2 Å². The number of hydrogen-bond donors (Lipinski definition) is 2. The normalized spacial score (nSPS) is 18.1. The molecule has 1 fully saturated rings. The number of fused-ring (bicyclic) bond motifs is 1. The predicted molar refractivity (Wildman–Crippen MR) is 114 cm³/mol. The molecule has 4 rings (SSSR count). The summed E-state index contributed by atoms with van der Waals surface area (Å²) in [6.07, 6.45) is 2.16. The highest BCUT2D eigenvalue weighted by molar-refractivity contribution is 5.92. The molecule has 1 unspecified atom stereocenters. The molecule has 2 aliphatic rings. The minimum atomic E-state index is -0.124. The second kappa shape index (κ2) is 9.00. The summed E-state index contributed by atoms with van der Waals surface area (Å²) in [5, 5.41) is 12.7. The number of nitrogens with zero attached hydrogens (tertiary/aromatic N) is 2. The maximum atomic E-state index is 12.8. The summed E-state index contributed by atoms with van der Waals surface area (Å²) in [4.78, 5) is 13.9. The Hall–Kier alpha value is -3.02. The van der Waals surface area contributed by atoms with Crippen LogP contribution in [0.2, 0.25) is 0 Å². The molecule has 1 saturated heterocycles. The zero-order valence-corrected chi connectivity index (χ0v) is 18.3. The van der Waals surface area contributed by atoms with Crippen molar-refractivity contribution in [2.24, 2.45) is 0 Å². The lowest BCUT2D eigenvalue weighted by Gasteiger charge is -2.18. The van der Waals surface area contributed by atoms with E-state index in [4.69, 9.17) is 14.2 Å². The quantitative estimate of drug-likeness (QED) is 0.702. The van der Waals surface area contributed by atoms with E-state index in [0.29, 0.717) is 24.5 Å². The highest BCUT2D eigenvalue weighted by atomic mass is 16.7. The number of rotatable bonds is 7. The summed E-state index contributed by atoms with van der Waals surface area (Å²) < 4.78 is 18.6. The molecular formula is C23H29N4O4+. The third-order valence-electron chi connectivity index (χ3n) is 6.01. The summed E-state index contributed by atoms with van der Waals surface area (Å²) in [5.41, 5.74) is 3.48. The van der Waals surface area contributed by atoms with Gasteiger partial charge in [-0.1, -0.05) is 0 Å². The molecule has 8 heteroatoms. The molecule has 2 aliphatic heterocycles. The average molecular weight is 426 g/mol. The van der Waals surface area contributed by atoms with Gasteiger partial charge in [-0.3, -0.25) is 4.79 Å². The number of ether oxygens (including phenoxy) is 3. The van der Waals surface area contributed by atoms with Crippen molar-refractivity contribution in [2.75, 3.05) is 32.3 Å². The first-order valence-corrected chi connectivity index (χ1v) is 10.7. The Morgan fingerprint density at radius 3 is 2.87 bits per heavy atom. The van der Waals surface area contributed by atoms with Gasteiger partial charge in [-0.25, -0.2) is 0 Å². The van der Waals surface area contributed by atoms with Gasteiger partial charge in [0.25, 0.3) is 5.91 Å². The van der Waals surface area contributed by atoms with Gasteiger partial charge in [-0.2, -0.15) is 5.26 Å². The lowest BCUT2D eigenvalue weighted by molar-refractivity contribution is -0.885. The van der Waals surface area contributed by atoms with E-state index in [1.54, 1.807) is 0 Å². The first-order valence-electron chi connectivity index (χ1n) is 10.7. The molecule has 3 heterocycles. The number of hydrogen-bond acceptors (Lipinski definition) is 5. The van der Waals surface area contributed by atoms with Crippen LogP contribution in [0.5, 0.6) is 11.5 Å². The number of benzene rings is 1. The third kappa shape index (κ3) is 4.53. The van der Waals surface area contributed by atoms with Crippen molar-refractivity contribution < 1.29 is 23.9 Å². The van der Waals surface area contributed by atoms with Gasteiger partial charge in [0.05, 0.1) is 25.3 Å². The molecule has 8 nitrogen and oxygen atoms in total. The number of nitriles is 1. The Labute approximate surface area is 182 Å². The Morgan fingerprint density at radius 1 is 1.32 bits per heavy atom. The second-order valence-corrected chi connectivity index (χ2v) is 8.34. The molecule has 0 bridgehead atoms. The van der Waals surface area contributed by atoms with Crippen molar-refractivity contribution >= 4 is 11.7 Å². The molecule has 0 saturated carbocycles. The maximum Gasteiger partial charge on any atom is 0.280 e. The van der Waals surface area contributed by atoms with E-state index < -0.39 is 0 Å². The Morgan fingerprint density at radius 2 is 2.13 bits per heavy atom. The molecule has 2 aromatic rings. The number of carbonyl (C=O) groups is 1. The fraction of sp³-hybridized carbons (Fsp3) is 0.478. The highest BCUT2D eigenvalue weighted by Crippen LogP contribution is 2.32. The molecule has 2 atom stereocenters. The molecule has 0 radical (unpaired) electrons. The fourth-order valence-corrected chi connectivity index (χ4v) is 4.26. The molecule has 0 aliphatic carbocycles. The molecule has 0 spiro atoms. The van der Waals surface area contributed by atoms with Crippen molar-refractivity contribution in [3.63, 3.8) is 0 Å². The van der Waals surface area contributed by atoms with Gasteiger partial charge in [0.1, 0.15) is 18.4 Å². The van der Waals surface area contributed by atoms with E-state index in [2.05, 4.69) is 11.4 Å². The number of anilines is 1. The zero-order valence-electron chi connectivity index (χ0n) is 18.3. The lowest BCUT2D eigenvalue weighted by atomic mass is 10.2. The summed E-state index contributed by atoms with van der Waals surface area (Å²) in [7, 11) is 1.97. The van der Waals surface area contributed by atoms with Crippen LogP contribution in [0.25, 0.3) is 0 Å². The number of nitrogens with one attached hydrogen (secondary N) is 2. The van der Waals surface area contributed by atoms with Gasteiger partial charge in [0.2, 0.25) is 6.79 Å². The van der Waals surface area contributed by atoms with E-state index >= 15 is 0 Å². The van der Waals surface area contributed by atoms with Gasteiger partial charge >= 0.3 is 0 Å². The minimum absolute atomic E-state index is 0.118. The zero-order chi connectivity index (χ0) is 22.0. The Balaban J connectivity index is 1.43. The van der Waals surface area contributed by atoms with Gasteiger partial charge in [0.15, 0.2) is 18.0 Å². The number of quaternary nitrogens is 1.